The first kappa shape index (κ1) is 16.9. The maximum absolute atomic E-state index is 5.75. The van der Waals surface area contributed by atoms with E-state index in [9.17, 15) is 0 Å². The van der Waals surface area contributed by atoms with Gasteiger partial charge in [0.15, 0.2) is 0 Å². The second kappa shape index (κ2) is 7.75. The van der Waals surface area contributed by atoms with E-state index in [1.165, 1.54) is 0 Å². The van der Waals surface area contributed by atoms with Crippen LogP contribution in [0.1, 0.15) is 5.69 Å². The van der Waals surface area contributed by atoms with E-state index in [1.54, 1.807) is 14.2 Å². The van der Waals surface area contributed by atoms with Crippen LogP contribution < -0.4 is 19.5 Å². The molecule has 0 atom stereocenters. The van der Waals surface area contributed by atoms with E-state index >= 15 is 0 Å². The number of ether oxygens (including phenoxy) is 3. The molecule has 5 heteroatoms. The van der Waals surface area contributed by atoms with Gasteiger partial charge in [0.2, 0.25) is 0 Å². The van der Waals surface area contributed by atoms with Crippen LogP contribution >= 0.6 is 0 Å². The van der Waals surface area contributed by atoms with Gasteiger partial charge in [-0.3, -0.25) is 4.98 Å². The first-order valence-electron chi connectivity index (χ1n) is 8.16. The molecule has 130 valence electrons. The molecule has 2 aromatic carbocycles. The predicted octanol–water partition coefficient (Wildman–Crippen LogP) is 4.05. The van der Waals surface area contributed by atoms with Crippen molar-refractivity contribution in [2.75, 3.05) is 32.7 Å². The minimum absolute atomic E-state index is 0.561. The molecule has 25 heavy (non-hydrogen) atoms. The maximum Gasteiger partial charge on any atom is 0.121 e. The lowest BCUT2D eigenvalue weighted by atomic mass is 10.1. The highest BCUT2D eigenvalue weighted by Gasteiger charge is 2.05. The Morgan fingerprint density at radius 3 is 2.28 bits per heavy atom. The van der Waals surface area contributed by atoms with Crippen molar-refractivity contribution in [3.63, 3.8) is 0 Å². The number of hydrogen-bond acceptors (Lipinski definition) is 5. The van der Waals surface area contributed by atoms with E-state index < -0.39 is 0 Å². The summed E-state index contributed by atoms with van der Waals surface area (Å²) in [5.74, 6) is 2.45. The van der Waals surface area contributed by atoms with Crippen molar-refractivity contribution in [2.24, 2.45) is 0 Å². The molecule has 0 saturated heterocycles. The van der Waals surface area contributed by atoms with Gasteiger partial charge in [-0.05, 0) is 49.4 Å². The lowest BCUT2D eigenvalue weighted by Crippen LogP contribution is -2.12. The van der Waals surface area contributed by atoms with Gasteiger partial charge in [0.1, 0.15) is 23.9 Å². The largest absolute Gasteiger partial charge is 0.497 e. The SMILES string of the molecule is COc1ccc(OCCNc2cc(C)nc3cc(OC)ccc23)cc1. The molecule has 0 amide bonds. The molecule has 0 unspecified atom stereocenters. The van der Waals surface area contributed by atoms with E-state index in [2.05, 4.69) is 10.3 Å². The second-order valence-electron chi connectivity index (χ2n) is 5.65. The van der Waals surface area contributed by atoms with Crippen LogP contribution in [0.25, 0.3) is 10.9 Å². The fourth-order valence-corrected chi connectivity index (χ4v) is 2.64. The predicted molar refractivity (Wildman–Crippen MR) is 100 cm³/mol. The number of anilines is 1. The maximum atomic E-state index is 5.75. The third-order valence-corrected chi connectivity index (χ3v) is 3.89. The molecule has 0 aliphatic heterocycles. The van der Waals surface area contributed by atoms with Gasteiger partial charge in [-0.2, -0.15) is 0 Å². The smallest absolute Gasteiger partial charge is 0.121 e. The van der Waals surface area contributed by atoms with Crippen molar-refractivity contribution < 1.29 is 14.2 Å². The number of hydrogen-bond donors (Lipinski definition) is 1. The molecule has 0 radical (unpaired) electrons. The number of pyridine rings is 1. The van der Waals surface area contributed by atoms with Crippen LogP contribution in [0.3, 0.4) is 0 Å². The van der Waals surface area contributed by atoms with E-state index in [-0.39, 0.29) is 0 Å². The molecule has 1 heterocycles. The zero-order chi connectivity index (χ0) is 17.6. The summed E-state index contributed by atoms with van der Waals surface area (Å²) in [4.78, 5) is 4.57. The standard InChI is InChI=1S/C20H22N2O3/c1-14-12-19(18-9-8-17(24-3)13-20(18)22-14)21-10-11-25-16-6-4-15(23-2)5-7-16/h4-9,12-13H,10-11H2,1-3H3,(H,21,22). The lowest BCUT2D eigenvalue weighted by molar-refractivity contribution is 0.332. The molecule has 0 fully saturated rings. The molecule has 0 aliphatic carbocycles. The summed E-state index contributed by atoms with van der Waals surface area (Å²) in [5.41, 5.74) is 2.92. The zero-order valence-corrected chi connectivity index (χ0v) is 14.7. The van der Waals surface area contributed by atoms with Gasteiger partial charge in [-0.15, -0.1) is 0 Å². The van der Waals surface area contributed by atoms with Crippen LogP contribution in [-0.4, -0.2) is 32.4 Å². The minimum Gasteiger partial charge on any atom is -0.497 e. The Labute approximate surface area is 147 Å². The number of benzene rings is 2. The van der Waals surface area contributed by atoms with E-state index in [1.807, 2.05) is 55.5 Å². The molecule has 3 aromatic rings. The van der Waals surface area contributed by atoms with Gasteiger partial charge in [0, 0.05) is 29.4 Å². The van der Waals surface area contributed by atoms with Crippen molar-refractivity contribution in [3.05, 3.63) is 54.2 Å². The molecule has 3 rings (SSSR count). The second-order valence-corrected chi connectivity index (χ2v) is 5.65. The van der Waals surface area contributed by atoms with Gasteiger partial charge in [-0.25, -0.2) is 0 Å². The monoisotopic (exact) mass is 338 g/mol. The van der Waals surface area contributed by atoms with Gasteiger partial charge >= 0.3 is 0 Å². The summed E-state index contributed by atoms with van der Waals surface area (Å²) in [6.45, 7) is 3.24. The number of aryl methyl sites for hydroxylation is 1. The van der Waals surface area contributed by atoms with Crippen molar-refractivity contribution in [1.29, 1.82) is 0 Å². The Balaban J connectivity index is 1.64. The molecular weight excluding hydrogens is 316 g/mol. The van der Waals surface area contributed by atoms with Crippen LogP contribution in [0.2, 0.25) is 0 Å². The highest BCUT2D eigenvalue weighted by atomic mass is 16.5. The van der Waals surface area contributed by atoms with Crippen LogP contribution in [0.15, 0.2) is 48.5 Å². The number of nitrogens with one attached hydrogen (secondary N) is 1. The number of methoxy groups -OCH3 is 2. The number of fused-ring (bicyclic) bond motifs is 1. The quantitative estimate of drug-likeness (QED) is 0.659. The van der Waals surface area contributed by atoms with Gasteiger partial charge in [0.25, 0.3) is 0 Å². The van der Waals surface area contributed by atoms with Crippen LogP contribution in [-0.2, 0) is 0 Å². The summed E-state index contributed by atoms with van der Waals surface area (Å²) in [6.07, 6.45) is 0. The van der Waals surface area contributed by atoms with Crippen molar-refractivity contribution in [1.82, 2.24) is 4.98 Å². The Morgan fingerprint density at radius 1 is 0.880 bits per heavy atom. The zero-order valence-electron chi connectivity index (χ0n) is 14.7. The average Bonchev–Trinajstić information content (AvgIpc) is 2.64. The minimum atomic E-state index is 0.561. The summed E-state index contributed by atoms with van der Waals surface area (Å²) in [5, 5.41) is 4.49. The molecule has 1 aromatic heterocycles. The van der Waals surface area contributed by atoms with E-state index in [0.29, 0.717) is 13.2 Å². The molecule has 0 bridgehead atoms. The third kappa shape index (κ3) is 4.12. The van der Waals surface area contributed by atoms with Crippen molar-refractivity contribution in [2.45, 2.75) is 6.92 Å². The highest BCUT2D eigenvalue weighted by molar-refractivity contribution is 5.92. The summed E-state index contributed by atoms with van der Waals surface area (Å²) >= 11 is 0. The third-order valence-electron chi connectivity index (χ3n) is 3.89. The fourth-order valence-electron chi connectivity index (χ4n) is 2.64. The topological polar surface area (TPSA) is 52.6 Å². The summed E-state index contributed by atoms with van der Waals surface area (Å²) < 4.78 is 16.2. The van der Waals surface area contributed by atoms with E-state index in [0.717, 1.165) is 39.5 Å². The van der Waals surface area contributed by atoms with E-state index in [4.69, 9.17) is 14.2 Å². The first-order chi connectivity index (χ1) is 12.2. The Bertz CT molecular complexity index is 847. The Kier molecular flexibility index (Phi) is 5.23. The highest BCUT2D eigenvalue weighted by Crippen LogP contribution is 2.26. The first-order valence-corrected chi connectivity index (χ1v) is 8.16. The van der Waals surface area contributed by atoms with Crippen molar-refractivity contribution >= 4 is 16.6 Å². The van der Waals surface area contributed by atoms with Gasteiger partial charge < -0.3 is 19.5 Å². The molecular formula is C20H22N2O3. The number of rotatable bonds is 7. The fraction of sp³-hybridized carbons (Fsp3) is 0.250. The van der Waals surface area contributed by atoms with Gasteiger partial charge in [0.05, 0.1) is 19.7 Å². The van der Waals surface area contributed by atoms with Gasteiger partial charge in [-0.1, -0.05) is 0 Å². The van der Waals surface area contributed by atoms with Crippen LogP contribution in [0.4, 0.5) is 5.69 Å². The molecule has 0 saturated carbocycles. The molecule has 0 spiro atoms. The molecule has 5 nitrogen and oxygen atoms in total. The lowest BCUT2D eigenvalue weighted by Gasteiger charge is -2.12. The number of nitrogens with zero attached hydrogens (tertiary/aromatic N) is 1. The van der Waals surface area contributed by atoms with Crippen LogP contribution in [0.5, 0.6) is 17.2 Å². The summed E-state index contributed by atoms with van der Waals surface area (Å²) in [6, 6.07) is 15.5. The number of aromatic nitrogens is 1. The average molecular weight is 338 g/mol. The molecule has 0 aliphatic rings. The normalized spacial score (nSPS) is 10.5. The Morgan fingerprint density at radius 2 is 1.56 bits per heavy atom. The van der Waals surface area contributed by atoms with Crippen molar-refractivity contribution in [3.8, 4) is 17.2 Å². The summed E-state index contributed by atoms with van der Waals surface area (Å²) in [7, 11) is 3.31. The molecule has 1 N–H and O–H groups in total. The van der Waals surface area contributed by atoms with Crippen LogP contribution in [0, 0.1) is 6.92 Å². The Hall–Kier alpha value is -2.95.